The standard InChI is InChI=1S/C14H16F3NO3/c1-3-14(4-2,13(20)21)7-18-12(19)8-5-6-9(15)11(17)10(8)16/h5-6H,3-4,7H2,1-2H3,(H,18,19)(H,20,21). The summed E-state index contributed by atoms with van der Waals surface area (Å²) < 4.78 is 39.3. The maximum atomic E-state index is 13.5. The number of benzene rings is 1. The van der Waals surface area contributed by atoms with Gasteiger partial charge in [-0.2, -0.15) is 0 Å². The van der Waals surface area contributed by atoms with Crippen LogP contribution in [0.5, 0.6) is 0 Å². The summed E-state index contributed by atoms with van der Waals surface area (Å²) in [6, 6.07) is 1.45. The lowest BCUT2D eigenvalue weighted by Crippen LogP contribution is -2.42. The molecule has 0 bridgehead atoms. The second kappa shape index (κ2) is 6.60. The zero-order valence-corrected chi connectivity index (χ0v) is 11.7. The van der Waals surface area contributed by atoms with Crippen molar-refractivity contribution in [2.75, 3.05) is 6.54 Å². The molecule has 0 unspecified atom stereocenters. The maximum absolute atomic E-state index is 13.5. The first-order chi connectivity index (χ1) is 9.79. The number of rotatable bonds is 6. The maximum Gasteiger partial charge on any atom is 0.311 e. The predicted octanol–water partition coefficient (Wildman–Crippen LogP) is 2.72. The Kier molecular flexibility index (Phi) is 5.34. The van der Waals surface area contributed by atoms with Crippen molar-refractivity contribution in [1.82, 2.24) is 5.32 Å². The molecule has 0 fully saturated rings. The van der Waals surface area contributed by atoms with E-state index in [1.54, 1.807) is 13.8 Å². The summed E-state index contributed by atoms with van der Waals surface area (Å²) in [5.74, 6) is -6.80. The molecule has 4 nitrogen and oxygen atoms in total. The van der Waals surface area contributed by atoms with Crippen LogP contribution in [0.4, 0.5) is 13.2 Å². The number of carboxylic acids is 1. The molecule has 0 spiro atoms. The third-order valence-electron chi connectivity index (χ3n) is 3.67. The highest BCUT2D eigenvalue weighted by atomic mass is 19.2. The van der Waals surface area contributed by atoms with Gasteiger partial charge in [-0.1, -0.05) is 13.8 Å². The summed E-state index contributed by atoms with van der Waals surface area (Å²) in [6.45, 7) is 3.08. The second-order valence-corrected chi connectivity index (χ2v) is 4.70. The molecule has 21 heavy (non-hydrogen) atoms. The van der Waals surface area contributed by atoms with E-state index in [0.29, 0.717) is 6.07 Å². The van der Waals surface area contributed by atoms with Gasteiger partial charge in [-0.05, 0) is 25.0 Å². The van der Waals surface area contributed by atoms with Gasteiger partial charge in [-0.25, -0.2) is 13.2 Å². The molecule has 2 N–H and O–H groups in total. The van der Waals surface area contributed by atoms with Gasteiger partial charge < -0.3 is 10.4 Å². The third-order valence-corrected chi connectivity index (χ3v) is 3.67. The first kappa shape index (κ1) is 17.0. The van der Waals surface area contributed by atoms with Crippen LogP contribution >= 0.6 is 0 Å². The number of carbonyl (C=O) groups excluding carboxylic acids is 1. The molecule has 0 aliphatic rings. The SMILES string of the molecule is CCC(CC)(CNC(=O)c1ccc(F)c(F)c1F)C(=O)O. The monoisotopic (exact) mass is 303 g/mol. The van der Waals surface area contributed by atoms with E-state index in [1.807, 2.05) is 0 Å². The van der Waals surface area contributed by atoms with Crippen LogP contribution in [-0.2, 0) is 4.79 Å². The van der Waals surface area contributed by atoms with Crippen molar-refractivity contribution in [3.63, 3.8) is 0 Å². The Morgan fingerprint density at radius 1 is 1.14 bits per heavy atom. The van der Waals surface area contributed by atoms with Crippen molar-refractivity contribution < 1.29 is 27.9 Å². The topological polar surface area (TPSA) is 66.4 Å². The van der Waals surface area contributed by atoms with Crippen LogP contribution in [0.1, 0.15) is 37.0 Å². The van der Waals surface area contributed by atoms with Crippen molar-refractivity contribution in [3.8, 4) is 0 Å². The third kappa shape index (κ3) is 3.34. The fourth-order valence-corrected chi connectivity index (χ4v) is 1.92. The van der Waals surface area contributed by atoms with Crippen LogP contribution in [0, 0.1) is 22.9 Å². The number of carboxylic acid groups (broad SMARTS) is 1. The van der Waals surface area contributed by atoms with Crippen LogP contribution in [0.2, 0.25) is 0 Å². The van der Waals surface area contributed by atoms with Crippen molar-refractivity contribution in [2.24, 2.45) is 5.41 Å². The second-order valence-electron chi connectivity index (χ2n) is 4.70. The van der Waals surface area contributed by atoms with E-state index >= 15 is 0 Å². The molecule has 0 atom stereocenters. The zero-order valence-electron chi connectivity index (χ0n) is 11.7. The molecular weight excluding hydrogens is 287 g/mol. The predicted molar refractivity (Wildman–Crippen MR) is 69.3 cm³/mol. The van der Waals surface area contributed by atoms with Crippen molar-refractivity contribution in [1.29, 1.82) is 0 Å². The van der Waals surface area contributed by atoms with Crippen molar-refractivity contribution >= 4 is 11.9 Å². The Hall–Kier alpha value is -2.05. The van der Waals surface area contributed by atoms with Gasteiger partial charge in [-0.15, -0.1) is 0 Å². The molecule has 0 saturated carbocycles. The molecule has 1 aromatic carbocycles. The van der Waals surface area contributed by atoms with Crippen LogP contribution in [0.15, 0.2) is 12.1 Å². The van der Waals surface area contributed by atoms with E-state index in [2.05, 4.69) is 5.32 Å². The number of halogens is 3. The van der Waals surface area contributed by atoms with Crippen LogP contribution in [0.3, 0.4) is 0 Å². The van der Waals surface area contributed by atoms with E-state index in [9.17, 15) is 27.9 Å². The molecule has 0 aromatic heterocycles. The minimum absolute atomic E-state index is 0.230. The van der Waals surface area contributed by atoms with E-state index in [4.69, 9.17) is 0 Å². The minimum Gasteiger partial charge on any atom is -0.481 e. The highest BCUT2D eigenvalue weighted by molar-refractivity contribution is 5.94. The largest absolute Gasteiger partial charge is 0.481 e. The van der Waals surface area contributed by atoms with Crippen LogP contribution in [0.25, 0.3) is 0 Å². The summed E-state index contributed by atoms with van der Waals surface area (Å²) >= 11 is 0. The summed E-state index contributed by atoms with van der Waals surface area (Å²) in [7, 11) is 0. The summed E-state index contributed by atoms with van der Waals surface area (Å²) in [5, 5.41) is 11.5. The Bertz CT molecular complexity index is 557. The van der Waals surface area contributed by atoms with Gasteiger partial charge in [-0.3, -0.25) is 9.59 Å². The van der Waals surface area contributed by atoms with Crippen molar-refractivity contribution in [3.05, 3.63) is 35.1 Å². The van der Waals surface area contributed by atoms with Gasteiger partial charge in [0.05, 0.1) is 11.0 Å². The molecule has 1 aromatic rings. The Morgan fingerprint density at radius 2 is 1.71 bits per heavy atom. The first-order valence-electron chi connectivity index (χ1n) is 6.44. The summed E-state index contributed by atoms with van der Waals surface area (Å²) in [6.07, 6.45) is 0.527. The molecule has 0 aliphatic carbocycles. The highest BCUT2D eigenvalue weighted by Gasteiger charge is 2.35. The molecule has 7 heteroatoms. The number of carbonyl (C=O) groups is 2. The van der Waals surface area contributed by atoms with Crippen LogP contribution in [-0.4, -0.2) is 23.5 Å². The van der Waals surface area contributed by atoms with Gasteiger partial charge in [0.1, 0.15) is 0 Å². The Balaban J connectivity index is 2.92. The lowest BCUT2D eigenvalue weighted by Gasteiger charge is -2.26. The zero-order chi connectivity index (χ0) is 16.2. The average molecular weight is 303 g/mol. The molecule has 0 heterocycles. The van der Waals surface area contributed by atoms with E-state index < -0.39 is 40.3 Å². The molecular formula is C14H16F3NO3. The van der Waals surface area contributed by atoms with E-state index in [-0.39, 0.29) is 19.4 Å². The Morgan fingerprint density at radius 3 is 2.19 bits per heavy atom. The highest BCUT2D eigenvalue weighted by Crippen LogP contribution is 2.26. The van der Waals surface area contributed by atoms with Gasteiger partial charge in [0.2, 0.25) is 0 Å². The summed E-state index contributed by atoms with van der Waals surface area (Å²) in [4.78, 5) is 23.1. The fraction of sp³-hybridized carbons (Fsp3) is 0.429. The lowest BCUT2D eigenvalue weighted by molar-refractivity contribution is -0.149. The molecule has 0 saturated heterocycles. The number of aliphatic carboxylic acids is 1. The molecule has 1 rings (SSSR count). The van der Waals surface area contributed by atoms with E-state index in [0.717, 1.165) is 6.07 Å². The molecule has 116 valence electrons. The first-order valence-corrected chi connectivity index (χ1v) is 6.44. The van der Waals surface area contributed by atoms with Gasteiger partial charge in [0.25, 0.3) is 5.91 Å². The smallest absolute Gasteiger partial charge is 0.311 e. The van der Waals surface area contributed by atoms with Crippen molar-refractivity contribution in [2.45, 2.75) is 26.7 Å². The lowest BCUT2D eigenvalue weighted by atomic mass is 9.82. The van der Waals surface area contributed by atoms with Gasteiger partial charge in [0.15, 0.2) is 17.5 Å². The summed E-state index contributed by atoms with van der Waals surface area (Å²) in [5.41, 5.74) is -1.84. The molecule has 0 aliphatic heterocycles. The molecule has 1 amide bonds. The fourth-order valence-electron chi connectivity index (χ4n) is 1.92. The number of hydrogen-bond donors (Lipinski definition) is 2. The average Bonchev–Trinajstić information content (AvgIpc) is 2.46. The quantitative estimate of drug-likeness (QED) is 0.794. The van der Waals surface area contributed by atoms with E-state index in [1.165, 1.54) is 0 Å². The molecule has 0 radical (unpaired) electrons. The number of amides is 1. The van der Waals surface area contributed by atoms with Gasteiger partial charge in [0, 0.05) is 6.54 Å². The number of hydrogen-bond acceptors (Lipinski definition) is 2. The van der Waals surface area contributed by atoms with Gasteiger partial charge >= 0.3 is 5.97 Å². The number of nitrogens with one attached hydrogen (secondary N) is 1. The van der Waals surface area contributed by atoms with Crippen LogP contribution < -0.4 is 5.32 Å². The normalized spacial score (nSPS) is 11.3. The minimum atomic E-state index is -1.74. The Labute approximate surface area is 120 Å².